The molecule has 3 nitrogen and oxygen atoms in total. The van der Waals surface area contributed by atoms with Crippen molar-refractivity contribution < 1.29 is 32.2 Å². The molecule has 132 valence electrons. The van der Waals surface area contributed by atoms with Crippen molar-refractivity contribution in [2.75, 3.05) is 7.11 Å². The molecule has 0 aliphatic heterocycles. The third-order valence-electron chi connectivity index (χ3n) is 3.20. The van der Waals surface area contributed by atoms with Crippen LogP contribution >= 0.6 is 23.2 Å². The molecule has 0 aliphatic carbocycles. The van der Waals surface area contributed by atoms with Gasteiger partial charge in [0.05, 0.1) is 12.7 Å². The van der Waals surface area contributed by atoms with E-state index >= 15 is 0 Å². The second-order valence-electron chi connectivity index (χ2n) is 4.70. The SMILES string of the molecule is COc1c(F)c(F)c(-c2ccc(Cl)c(/C=C(\Cl)C(=O)O)c2)c(F)c1F. The van der Waals surface area contributed by atoms with Gasteiger partial charge in [0.15, 0.2) is 17.4 Å². The second-order valence-corrected chi connectivity index (χ2v) is 5.51. The lowest BCUT2D eigenvalue weighted by Gasteiger charge is -2.12. The van der Waals surface area contributed by atoms with Gasteiger partial charge in [0, 0.05) is 5.02 Å². The van der Waals surface area contributed by atoms with E-state index in [0.29, 0.717) is 0 Å². The standard InChI is InChI=1S/C16H8Cl2F4O3/c1-25-15-13(21)11(19)10(12(20)14(15)22)6-2-3-8(17)7(4-6)5-9(18)16(23)24/h2-5H,1H3,(H,23,24)/b9-5-. The highest BCUT2D eigenvalue weighted by molar-refractivity contribution is 6.43. The smallest absolute Gasteiger partial charge is 0.347 e. The Morgan fingerprint density at radius 3 is 2.16 bits per heavy atom. The van der Waals surface area contributed by atoms with Crippen LogP contribution in [0.4, 0.5) is 17.6 Å². The van der Waals surface area contributed by atoms with Crippen molar-refractivity contribution in [1.82, 2.24) is 0 Å². The minimum absolute atomic E-state index is 0.0120. The first-order valence-electron chi connectivity index (χ1n) is 6.49. The van der Waals surface area contributed by atoms with E-state index in [1.54, 1.807) is 0 Å². The molecule has 0 saturated carbocycles. The van der Waals surface area contributed by atoms with Crippen LogP contribution < -0.4 is 4.74 Å². The Labute approximate surface area is 149 Å². The molecule has 0 bridgehead atoms. The van der Waals surface area contributed by atoms with Gasteiger partial charge in [-0.25, -0.2) is 13.6 Å². The topological polar surface area (TPSA) is 46.5 Å². The zero-order chi connectivity index (χ0) is 18.9. The van der Waals surface area contributed by atoms with Gasteiger partial charge in [0.1, 0.15) is 5.03 Å². The fourth-order valence-corrected chi connectivity index (χ4v) is 2.34. The van der Waals surface area contributed by atoms with Crippen LogP contribution in [0.25, 0.3) is 17.2 Å². The van der Waals surface area contributed by atoms with E-state index in [-0.39, 0.29) is 16.1 Å². The highest BCUT2D eigenvalue weighted by Gasteiger charge is 2.27. The van der Waals surface area contributed by atoms with E-state index in [4.69, 9.17) is 28.3 Å². The van der Waals surface area contributed by atoms with Gasteiger partial charge in [0.25, 0.3) is 0 Å². The average molecular weight is 395 g/mol. The Bertz CT molecular complexity index is 868. The molecule has 9 heteroatoms. The number of carbonyl (C=O) groups is 1. The van der Waals surface area contributed by atoms with Gasteiger partial charge in [-0.1, -0.05) is 29.3 Å². The van der Waals surface area contributed by atoms with Crippen molar-refractivity contribution >= 4 is 35.2 Å². The van der Waals surface area contributed by atoms with E-state index in [9.17, 15) is 22.4 Å². The number of rotatable bonds is 4. The summed E-state index contributed by atoms with van der Waals surface area (Å²) in [6, 6.07) is 3.33. The predicted octanol–water partition coefficient (Wildman–Crippen LogP) is 5.24. The largest absolute Gasteiger partial charge is 0.491 e. The van der Waals surface area contributed by atoms with Crippen molar-refractivity contribution in [1.29, 1.82) is 0 Å². The number of benzene rings is 2. The maximum atomic E-state index is 14.2. The lowest BCUT2D eigenvalue weighted by atomic mass is 10.0. The Hall–Kier alpha value is -2.25. The molecule has 0 aromatic heterocycles. The maximum absolute atomic E-state index is 14.2. The number of methoxy groups -OCH3 is 1. The van der Waals surface area contributed by atoms with Crippen LogP contribution in [0.5, 0.6) is 5.75 Å². The lowest BCUT2D eigenvalue weighted by molar-refractivity contribution is -0.131. The van der Waals surface area contributed by atoms with Gasteiger partial charge >= 0.3 is 5.97 Å². The van der Waals surface area contributed by atoms with E-state index in [2.05, 4.69) is 4.74 Å². The monoisotopic (exact) mass is 394 g/mol. The van der Waals surface area contributed by atoms with Gasteiger partial charge < -0.3 is 9.84 Å². The summed E-state index contributed by atoms with van der Waals surface area (Å²) in [6.45, 7) is 0. The fraction of sp³-hybridized carbons (Fsp3) is 0.0625. The van der Waals surface area contributed by atoms with Crippen LogP contribution in [-0.4, -0.2) is 18.2 Å². The molecular formula is C16H8Cl2F4O3. The van der Waals surface area contributed by atoms with E-state index in [1.165, 1.54) is 6.07 Å². The number of hydrogen-bond acceptors (Lipinski definition) is 2. The van der Waals surface area contributed by atoms with Gasteiger partial charge in [-0.2, -0.15) is 8.78 Å². The molecule has 2 aromatic carbocycles. The minimum Gasteiger partial charge on any atom is -0.491 e. The molecule has 0 fully saturated rings. The van der Waals surface area contributed by atoms with Gasteiger partial charge in [-0.3, -0.25) is 0 Å². The molecule has 2 rings (SSSR count). The third-order valence-corrected chi connectivity index (χ3v) is 3.81. The summed E-state index contributed by atoms with van der Waals surface area (Å²) in [5.41, 5.74) is -1.28. The fourth-order valence-electron chi connectivity index (χ4n) is 2.05. The Kier molecular flexibility index (Phi) is 5.59. The number of ether oxygens (including phenoxy) is 1. The summed E-state index contributed by atoms with van der Waals surface area (Å²) in [6.07, 6.45) is 0.932. The summed E-state index contributed by atoms with van der Waals surface area (Å²) >= 11 is 11.4. The number of aliphatic carboxylic acids is 1. The molecular weight excluding hydrogens is 387 g/mol. The molecule has 25 heavy (non-hydrogen) atoms. The van der Waals surface area contributed by atoms with E-state index in [0.717, 1.165) is 25.3 Å². The van der Waals surface area contributed by atoms with Crippen LogP contribution in [0, 0.1) is 23.3 Å². The van der Waals surface area contributed by atoms with Crippen LogP contribution in [0.1, 0.15) is 5.56 Å². The summed E-state index contributed by atoms with van der Waals surface area (Å²) in [4.78, 5) is 10.8. The molecule has 0 heterocycles. The number of halogens is 6. The molecule has 1 N–H and O–H groups in total. The Morgan fingerprint density at radius 1 is 1.12 bits per heavy atom. The average Bonchev–Trinajstić information content (AvgIpc) is 2.56. The van der Waals surface area contributed by atoms with Crippen molar-refractivity contribution in [2.45, 2.75) is 0 Å². The molecule has 0 spiro atoms. The Morgan fingerprint density at radius 2 is 1.68 bits per heavy atom. The van der Waals surface area contributed by atoms with Gasteiger partial charge in [-0.15, -0.1) is 0 Å². The number of carboxylic acids is 1. The van der Waals surface area contributed by atoms with Crippen molar-refractivity contribution in [3.05, 3.63) is 57.1 Å². The highest BCUT2D eigenvalue weighted by atomic mass is 35.5. The zero-order valence-electron chi connectivity index (χ0n) is 12.3. The molecule has 0 atom stereocenters. The van der Waals surface area contributed by atoms with Crippen molar-refractivity contribution in [3.63, 3.8) is 0 Å². The molecule has 0 aliphatic rings. The number of carboxylic acid groups (broad SMARTS) is 1. The van der Waals surface area contributed by atoms with Crippen molar-refractivity contribution in [2.24, 2.45) is 0 Å². The molecule has 0 saturated heterocycles. The van der Waals surface area contributed by atoms with Gasteiger partial charge in [-0.05, 0) is 29.3 Å². The summed E-state index contributed by atoms with van der Waals surface area (Å²) in [5.74, 6) is -9.39. The van der Waals surface area contributed by atoms with E-state index in [1.807, 2.05) is 0 Å². The highest BCUT2D eigenvalue weighted by Crippen LogP contribution is 2.37. The summed E-state index contributed by atoms with van der Waals surface area (Å²) < 4.78 is 60.3. The first-order chi connectivity index (χ1) is 11.7. The first kappa shape index (κ1) is 19.1. The maximum Gasteiger partial charge on any atom is 0.347 e. The van der Waals surface area contributed by atoms with Crippen LogP contribution in [-0.2, 0) is 4.79 Å². The predicted molar refractivity (Wildman–Crippen MR) is 84.7 cm³/mol. The molecule has 2 aromatic rings. The van der Waals surface area contributed by atoms with Crippen molar-refractivity contribution in [3.8, 4) is 16.9 Å². The zero-order valence-corrected chi connectivity index (χ0v) is 13.9. The first-order valence-corrected chi connectivity index (χ1v) is 7.25. The minimum atomic E-state index is -1.70. The van der Waals surface area contributed by atoms with E-state index < -0.39 is 45.6 Å². The molecule has 0 radical (unpaired) electrons. The van der Waals surface area contributed by atoms with Crippen LogP contribution in [0.2, 0.25) is 5.02 Å². The summed E-state index contributed by atoms with van der Waals surface area (Å²) in [7, 11) is 0.860. The molecule has 0 unspecified atom stereocenters. The van der Waals surface area contributed by atoms with Crippen LogP contribution in [0.3, 0.4) is 0 Å². The van der Waals surface area contributed by atoms with Crippen LogP contribution in [0.15, 0.2) is 23.2 Å². The third kappa shape index (κ3) is 3.57. The second kappa shape index (κ2) is 7.33. The lowest BCUT2D eigenvalue weighted by Crippen LogP contribution is -2.04. The van der Waals surface area contributed by atoms with Gasteiger partial charge in [0.2, 0.25) is 11.6 Å². The quantitative estimate of drug-likeness (QED) is 0.438. The number of hydrogen-bond donors (Lipinski definition) is 1. The molecule has 0 amide bonds. The summed E-state index contributed by atoms with van der Waals surface area (Å²) in [5, 5.41) is 8.16. The Balaban J connectivity index is 2.73. The normalized spacial score (nSPS) is 11.6.